The van der Waals surface area contributed by atoms with Gasteiger partial charge in [0.2, 0.25) is 0 Å². The number of nitrogens with two attached hydrogens (primary N) is 1. The maximum absolute atomic E-state index is 10.4. The first-order valence-corrected chi connectivity index (χ1v) is 10.8. The van der Waals surface area contributed by atoms with Crippen molar-refractivity contribution in [3.05, 3.63) is 53.1 Å². The number of benzene rings is 2. The Bertz CT molecular complexity index is 858. The third-order valence-corrected chi connectivity index (χ3v) is 6.64. The molecule has 178 valence electrons. The molecule has 2 heterocycles. The summed E-state index contributed by atoms with van der Waals surface area (Å²) in [6, 6.07) is 11.6. The highest BCUT2D eigenvalue weighted by atomic mass is 35.5. The predicted octanol–water partition coefficient (Wildman–Crippen LogP) is 3.85. The maximum Gasteiger partial charge on any atom is 0.161 e. The van der Waals surface area contributed by atoms with Crippen LogP contribution in [0.25, 0.3) is 0 Å². The van der Waals surface area contributed by atoms with Crippen LogP contribution in [0, 0.1) is 5.92 Å². The van der Waals surface area contributed by atoms with Crippen LogP contribution in [0.5, 0.6) is 17.2 Å². The summed E-state index contributed by atoms with van der Waals surface area (Å²) in [5.41, 5.74) is 8.97. The molecular weight excluding hydrogens is 451 g/mol. The Morgan fingerprint density at radius 3 is 2.38 bits per heavy atom. The normalized spacial score (nSPS) is 21.2. The van der Waals surface area contributed by atoms with Crippen molar-refractivity contribution in [3.8, 4) is 17.2 Å². The van der Waals surface area contributed by atoms with Crippen molar-refractivity contribution in [2.24, 2.45) is 11.7 Å². The topological polar surface area (TPSA) is 88.2 Å². The van der Waals surface area contributed by atoms with Gasteiger partial charge in [0.1, 0.15) is 5.75 Å². The fraction of sp³-hybridized carbons (Fsp3) is 0.500. The SMILES string of the molecule is COc1ccc(CCN2CCC([C@H]3Cc4c(ccc(O)c4O)[C@@H](CN)O3)CC2)cc1.Cl.Cl. The van der Waals surface area contributed by atoms with Gasteiger partial charge in [-0.1, -0.05) is 18.2 Å². The second-order valence-corrected chi connectivity index (χ2v) is 8.38. The number of hydrogen-bond acceptors (Lipinski definition) is 6. The Labute approximate surface area is 202 Å². The first-order chi connectivity index (χ1) is 14.6. The van der Waals surface area contributed by atoms with Crippen LogP contribution in [-0.2, 0) is 17.6 Å². The first kappa shape index (κ1) is 26.6. The fourth-order valence-electron chi connectivity index (χ4n) is 4.78. The quantitative estimate of drug-likeness (QED) is 0.539. The van der Waals surface area contributed by atoms with Crippen LogP contribution in [0.3, 0.4) is 0 Å². The minimum atomic E-state index is -0.224. The highest BCUT2D eigenvalue weighted by Gasteiger charge is 2.35. The molecule has 0 radical (unpaired) electrons. The first-order valence-electron chi connectivity index (χ1n) is 10.8. The van der Waals surface area contributed by atoms with Gasteiger partial charge in [-0.05, 0) is 67.6 Å². The number of nitrogens with zero attached hydrogens (tertiary/aromatic N) is 1. The van der Waals surface area contributed by atoms with Crippen molar-refractivity contribution in [2.45, 2.75) is 37.9 Å². The lowest BCUT2D eigenvalue weighted by Gasteiger charge is -2.40. The molecule has 2 aliphatic rings. The zero-order valence-corrected chi connectivity index (χ0v) is 20.0. The second kappa shape index (κ2) is 12.0. The van der Waals surface area contributed by atoms with E-state index in [4.69, 9.17) is 15.2 Å². The van der Waals surface area contributed by atoms with Gasteiger partial charge < -0.3 is 30.3 Å². The molecule has 32 heavy (non-hydrogen) atoms. The van der Waals surface area contributed by atoms with E-state index in [2.05, 4.69) is 17.0 Å². The van der Waals surface area contributed by atoms with E-state index < -0.39 is 0 Å². The lowest BCUT2D eigenvalue weighted by molar-refractivity contribution is -0.0646. The van der Waals surface area contributed by atoms with Crippen LogP contribution >= 0.6 is 24.8 Å². The van der Waals surface area contributed by atoms with Gasteiger partial charge in [0.05, 0.1) is 19.3 Å². The monoisotopic (exact) mass is 484 g/mol. The van der Waals surface area contributed by atoms with Crippen molar-refractivity contribution >= 4 is 24.8 Å². The molecule has 2 atom stereocenters. The highest BCUT2D eigenvalue weighted by Crippen LogP contribution is 2.42. The summed E-state index contributed by atoms with van der Waals surface area (Å²) in [6.45, 7) is 3.52. The molecule has 0 amide bonds. The number of rotatable bonds is 6. The Balaban J connectivity index is 0.00000181. The van der Waals surface area contributed by atoms with Crippen LogP contribution in [0.4, 0.5) is 0 Å². The Morgan fingerprint density at radius 2 is 1.75 bits per heavy atom. The van der Waals surface area contributed by atoms with E-state index in [9.17, 15) is 10.2 Å². The molecule has 0 saturated carbocycles. The van der Waals surface area contributed by atoms with Crippen molar-refractivity contribution in [1.29, 1.82) is 0 Å². The third kappa shape index (κ3) is 5.80. The van der Waals surface area contributed by atoms with Gasteiger partial charge in [0.25, 0.3) is 0 Å². The number of halogens is 2. The molecular formula is C24H34Cl2N2O4. The lowest BCUT2D eigenvalue weighted by Crippen LogP contribution is -2.42. The number of hydrogen-bond donors (Lipinski definition) is 3. The average molecular weight is 485 g/mol. The minimum absolute atomic E-state index is 0. The van der Waals surface area contributed by atoms with Crippen LogP contribution in [-0.4, -0.2) is 54.5 Å². The standard InChI is InChI=1S/C24H32N2O4.2ClH/c1-29-18-4-2-16(3-5-18)8-11-26-12-9-17(10-13-26)22-14-20-19(23(15-25)30-22)6-7-21(27)24(20)28;;/h2-7,17,22-23,27-28H,8-15,25H2,1H3;2*1H/t22-,23-;;/m1../s1. The number of phenols is 2. The van der Waals surface area contributed by atoms with Gasteiger partial charge in [-0.3, -0.25) is 0 Å². The summed E-state index contributed by atoms with van der Waals surface area (Å²) >= 11 is 0. The largest absolute Gasteiger partial charge is 0.504 e. The van der Waals surface area contributed by atoms with Crippen molar-refractivity contribution in [3.63, 3.8) is 0 Å². The van der Waals surface area contributed by atoms with Crippen LogP contribution in [0.15, 0.2) is 36.4 Å². The fourth-order valence-corrected chi connectivity index (χ4v) is 4.78. The maximum atomic E-state index is 10.4. The summed E-state index contributed by atoms with van der Waals surface area (Å²) in [5, 5.41) is 20.3. The number of aromatic hydroxyl groups is 2. The number of fused-ring (bicyclic) bond motifs is 1. The van der Waals surface area contributed by atoms with Crippen LogP contribution in [0.2, 0.25) is 0 Å². The summed E-state index contributed by atoms with van der Waals surface area (Å²) in [7, 11) is 1.69. The minimum Gasteiger partial charge on any atom is -0.504 e. The van der Waals surface area contributed by atoms with Gasteiger partial charge >= 0.3 is 0 Å². The second-order valence-electron chi connectivity index (χ2n) is 8.38. The molecule has 0 aromatic heterocycles. The highest BCUT2D eigenvalue weighted by molar-refractivity contribution is 5.85. The van der Waals surface area contributed by atoms with Gasteiger partial charge in [0, 0.05) is 25.1 Å². The van der Waals surface area contributed by atoms with E-state index in [1.807, 2.05) is 18.2 Å². The molecule has 6 nitrogen and oxygen atoms in total. The van der Waals surface area contributed by atoms with E-state index in [0.29, 0.717) is 18.9 Å². The summed E-state index contributed by atoms with van der Waals surface area (Å²) in [4.78, 5) is 2.52. The molecule has 1 saturated heterocycles. The molecule has 1 fully saturated rings. The van der Waals surface area contributed by atoms with E-state index in [0.717, 1.165) is 55.8 Å². The number of phenolic OH excluding ortho intramolecular Hbond substituents is 2. The number of piperidine rings is 1. The number of ether oxygens (including phenoxy) is 2. The van der Waals surface area contributed by atoms with E-state index in [-0.39, 0.29) is 48.5 Å². The Kier molecular flexibility index (Phi) is 9.92. The molecule has 0 aliphatic carbocycles. The van der Waals surface area contributed by atoms with E-state index in [1.165, 1.54) is 11.6 Å². The average Bonchev–Trinajstić information content (AvgIpc) is 2.80. The zero-order chi connectivity index (χ0) is 21.1. The Morgan fingerprint density at radius 1 is 1.06 bits per heavy atom. The molecule has 4 rings (SSSR count). The summed E-state index contributed by atoms with van der Waals surface area (Å²) < 4.78 is 11.6. The molecule has 0 spiro atoms. The molecule has 0 unspecified atom stereocenters. The lowest BCUT2D eigenvalue weighted by atomic mass is 9.83. The van der Waals surface area contributed by atoms with Gasteiger partial charge in [0.15, 0.2) is 11.5 Å². The van der Waals surface area contributed by atoms with E-state index in [1.54, 1.807) is 7.11 Å². The molecule has 8 heteroatoms. The number of methoxy groups -OCH3 is 1. The van der Waals surface area contributed by atoms with Crippen LogP contribution in [0.1, 0.15) is 35.6 Å². The zero-order valence-electron chi connectivity index (χ0n) is 18.4. The van der Waals surface area contributed by atoms with Crippen molar-refractivity contribution in [2.75, 3.05) is 33.3 Å². The van der Waals surface area contributed by atoms with Crippen molar-refractivity contribution < 1.29 is 19.7 Å². The molecule has 2 aromatic rings. The third-order valence-electron chi connectivity index (χ3n) is 6.64. The summed E-state index contributed by atoms with van der Waals surface area (Å²) in [5.74, 6) is 1.24. The summed E-state index contributed by atoms with van der Waals surface area (Å²) in [6.07, 6.45) is 3.60. The predicted molar refractivity (Wildman–Crippen MR) is 131 cm³/mol. The van der Waals surface area contributed by atoms with Crippen LogP contribution < -0.4 is 10.5 Å². The molecule has 2 aromatic carbocycles. The van der Waals surface area contributed by atoms with Gasteiger partial charge in [-0.25, -0.2) is 0 Å². The smallest absolute Gasteiger partial charge is 0.161 e. The molecule has 4 N–H and O–H groups in total. The molecule has 0 bridgehead atoms. The molecule has 2 aliphatic heterocycles. The van der Waals surface area contributed by atoms with E-state index >= 15 is 0 Å². The number of likely N-dealkylation sites (tertiary alicyclic amines) is 1. The van der Waals surface area contributed by atoms with Crippen molar-refractivity contribution in [1.82, 2.24) is 4.90 Å². The van der Waals surface area contributed by atoms with Gasteiger partial charge in [-0.2, -0.15) is 0 Å². The Hall–Kier alpha value is -1.70. The van der Waals surface area contributed by atoms with Gasteiger partial charge in [-0.15, -0.1) is 24.8 Å².